The molecule has 0 radical (unpaired) electrons. The zero-order valence-electron chi connectivity index (χ0n) is 13.0. The first-order chi connectivity index (χ1) is 11.3. The van der Waals surface area contributed by atoms with Gasteiger partial charge in [0.15, 0.2) is 0 Å². The van der Waals surface area contributed by atoms with E-state index in [4.69, 9.17) is 11.6 Å². The number of benzene rings is 2. The average Bonchev–Trinajstić information content (AvgIpc) is 2.52. The summed E-state index contributed by atoms with van der Waals surface area (Å²) in [5.74, 6) is -1.20. The fraction of sp³-hybridized carbons (Fsp3) is 0.235. The molecule has 24 heavy (non-hydrogen) atoms. The van der Waals surface area contributed by atoms with Crippen LogP contribution < -0.4 is 5.32 Å². The Hall–Kier alpha value is -1.50. The largest absolute Gasteiger partial charge is 0.324 e. The second kappa shape index (κ2) is 8.55. The van der Waals surface area contributed by atoms with Gasteiger partial charge in [-0.3, -0.25) is 4.79 Å². The maximum Gasteiger partial charge on any atom is 0.225 e. The standard InChI is InChI=1S/C17H16BrClF2N2O/c1-23(10-11-8-12(18)2-4-14(11)20)7-6-17(24)22-16-5-3-13(19)9-15(16)21/h2-5,8-9H,6-7,10H2,1H3,(H,22,24). The molecule has 0 heterocycles. The van der Waals surface area contributed by atoms with Crippen molar-refractivity contribution in [2.24, 2.45) is 0 Å². The van der Waals surface area contributed by atoms with Crippen molar-refractivity contribution in [3.05, 3.63) is 63.1 Å². The van der Waals surface area contributed by atoms with Crippen molar-refractivity contribution in [2.75, 3.05) is 18.9 Å². The van der Waals surface area contributed by atoms with Crippen LogP contribution in [0, 0.1) is 11.6 Å². The summed E-state index contributed by atoms with van der Waals surface area (Å²) < 4.78 is 28.1. The summed E-state index contributed by atoms with van der Waals surface area (Å²) in [6.45, 7) is 0.779. The topological polar surface area (TPSA) is 32.3 Å². The van der Waals surface area contributed by atoms with Crippen LogP contribution in [0.5, 0.6) is 0 Å². The molecule has 0 spiro atoms. The molecule has 7 heteroatoms. The smallest absolute Gasteiger partial charge is 0.225 e. The van der Waals surface area contributed by atoms with Crippen molar-refractivity contribution < 1.29 is 13.6 Å². The molecule has 1 N–H and O–H groups in total. The van der Waals surface area contributed by atoms with Gasteiger partial charge in [-0.25, -0.2) is 8.78 Å². The zero-order chi connectivity index (χ0) is 17.7. The van der Waals surface area contributed by atoms with Crippen molar-refractivity contribution in [3.63, 3.8) is 0 Å². The molecule has 2 aromatic rings. The lowest BCUT2D eigenvalue weighted by atomic mass is 10.2. The first-order valence-corrected chi connectivity index (χ1v) is 8.39. The van der Waals surface area contributed by atoms with Gasteiger partial charge in [-0.2, -0.15) is 0 Å². The Morgan fingerprint density at radius 1 is 1.21 bits per heavy atom. The molecule has 0 unspecified atom stereocenters. The molecule has 0 aliphatic heterocycles. The van der Waals surface area contributed by atoms with Crippen LogP contribution in [0.3, 0.4) is 0 Å². The number of hydrogen-bond donors (Lipinski definition) is 1. The van der Waals surface area contributed by atoms with Crippen LogP contribution in [0.25, 0.3) is 0 Å². The summed E-state index contributed by atoms with van der Waals surface area (Å²) >= 11 is 8.97. The maximum atomic E-state index is 13.7. The molecule has 0 aromatic heterocycles. The van der Waals surface area contributed by atoms with E-state index in [0.29, 0.717) is 18.7 Å². The Morgan fingerprint density at radius 2 is 1.96 bits per heavy atom. The summed E-state index contributed by atoms with van der Waals surface area (Å²) in [6.07, 6.45) is 0.161. The van der Waals surface area contributed by atoms with Gasteiger partial charge in [-0.1, -0.05) is 27.5 Å². The number of amides is 1. The van der Waals surface area contributed by atoms with Crippen molar-refractivity contribution in [1.29, 1.82) is 0 Å². The number of carbonyl (C=O) groups excluding carboxylic acids is 1. The van der Waals surface area contributed by atoms with Crippen molar-refractivity contribution in [2.45, 2.75) is 13.0 Å². The van der Waals surface area contributed by atoms with E-state index in [9.17, 15) is 13.6 Å². The SMILES string of the molecule is CN(CCC(=O)Nc1ccc(Cl)cc1F)Cc1cc(Br)ccc1F. The molecular formula is C17H16BrClF2N2O. The Bertz CT molecular complexity index is 743. The van der Waals surface area contributed by atoms with E-state index in [1.165, 1.54) is 18.2 Å². The zero-order valence-corrected chi connectivity index (χ0v) is 15.3. The highest BCUT2D eigenvalue weighted by Crippen LogP contribution is 2.19. The van der Waals surface area contributed by atoms with Gasteiger partial charge in [-0.15, -0.1) is 0 Å². The third-order valence-electron chi connectivity index (χ3n) is 3.37. The van der Waals surface area contributed by atoms with Gasteiger partial charge in [0.1, 0.15) is 11.6 Å². The predicted octanol–water partition coefficient (Wildman–Crippen LogP) is 4.84. The second-order valence-corrected chi connectivity index (χ2v) is 6.75. The lowest BCUT2D eigenvalue weighted by Crippen LogP contribution is -2.24. The van der Waals surface area contributed by atoms with E-state index in [1.54, 1.807) is 19.2 Å². The van der Waals surface area contributed by atoms with Crippen molar-refractivity contribution in [1.82, 2.24) is 4.90 Å². The third kappa shape index (κ3) is 5.54. The minimum Gasteiger partial charge on any atom is -0.324 e. The molecule has 128 valence electrons. The molecule has 1 amide bonds. The van der Waals surface area contributed by atoms with E-state index in [2.05, 4.69) is 21.2 Å². The van der Waals surface area contributed by atoms with Crippen LogP contribution >= 0.6 is 27.5 Å². The van der Waals surface area contributed by atoms with Gasteiger partial charge in [0.05, 0.1) is 5.69 Å². The summed E-state index contributed by atoms with van der Waals surface area (Å²) in [5.41, 5.74) is 0.626. The van der Waals surface area contributed by atoms with Gasteiger partial charge in [0.2, 0.25) is 5.91 Å². The highest BCUT2D eigenvalue weighted by atomic mass is 79.9. The van der Waals surface area contributed by atoms with Crippen LogP contribution in [0.4, 0.5) is 14.5 Å². The Balaban J connectivity index is 1.85. The Morgan fingerprint density at radius 3 is 2.67 bits per heavy atom. The number of halogens is 4. The molecule has 0 atom stereocenters. The van der Waals surface area contributed by atoms with Crippen LogP contribution in [0.15, 0.2) is 40.9 Å². The minimum atomic E-state index is -0.583. The van der Waals surface area contributed by atoms with Gasteiger partial charge in [-0.05, 0) is 43.4 Å². The van der Waals surface area contributed by atoms with Crippen LogP contribution in [0.2, 0.25) is 5.02 Å². The molecule has 0 aliphatic carbocycles. The van der Waals surface area contributed by atoms with Crippen LogP contribution in [-0.2, 0) is 11.3 Å². The highest BCUT2D eigenvalue weighted by molar-refractivity contribution is 9.10. The number of hydrogen-bond acceptors (Lipinski definition) is 2. The summed E-state index contributed by atoms with van der Waals surface area (Å²) in [5, 5.41) is 2.76. The van der Waals surface area contributed by atoms with E-state index in [-0.39, 0.29) is 28.9 Å². The van der Waals surface area contributed by atoms with Crippen molar-refractivity contribution in [3.8, 4) is 0 Å². The molecule has 2 rings (SSSR count). The molecule has 0 saturated heterocycles. The van der Waals surface area contributed by atoms with Gasteiger partial charge in [0.25, 0.3) is 0 Å². The monoisotopic (exact) mass is 416 g/mol. The first-order valence-electron chi connectivity index (χ1n) is 7.22. The van der Waals surface area contributed by atoms with Crippen molar-refractivity contribution >= 4 is 39.1 Å². The molecule has 0 saturated carbocycles. The second-order valence-electron chi connectivity index (χ2n) is 5.40. The lowest BCUT2D eigenvalue weighted by Gasteiger charge is -2.17. The molecule has 3 nitrogen and oxygen atoms in total. The normalized spacial score (nSPS) is 10.9. The summed E-state index contributed by atoms with van der Waals surface area (Å²) in [7, 11) is 1.79. The van der Waals surface area contributed by atoms with Crippen LogP contribution in [-0.4, -0.2) is 24.4 Å². The maximum absolute atomic E-state index is 13.7. The average molecular weight is 418 g/mol. The molecule has 0 bridgehead atoms. The molecule has 2 aromatic carbocycles. The molecule has 0 fully saturated rings. The number of rotatable bonds is 6. The minimum absolute atomic E-state index is 0.0880. The van der Waals surface area contributed by atoms with E-state index >= 15 is 0 Å². The third-order valence-corrected chi connectivity index (χ3v) is 4.10. The fourth-order valence-corrected chi connectivity index (χ4v) is 2.70. The predicted molar refractivity (Wildman–Crippen MR) is 95.1 cm³/mol. The van der Waals surface area contributed by atoms with Gasteiger partial charge < -0.3 is 10.2 Å². The van der Waals surface area contributed by atoms with E-state index in [1.807, 2.05) is 4.90 Å². The van der Waals surface area contributed by atoms with Crippen LogP contribution in [0.1, 0.15) is 12.0 Å². The highest BCUT2D eigenvalue weighted by Gasteiger charge is 2.11. The Kier molecular flexibility index (Phi) is 6.71. The lowest BCUT2D eigenvalue weighted by molar-refractivity contribution is -0.116. The first kappa shape index (κ1) is 18.8. The fourth-order valence-electron chi connectivity index (χ4n) is 2.13. The van der Waals surface area contributed by atoms with Gasteiger partial charge in [0, 0.05) is 34.6 Å². The number of carbonyl (C=O) groups is 1. The quantitative estimate of drug-likeness (QED) is 0.729. The van der Waals surface area contributed by atoms with E-state index in [0.717, 1.165) is 10.5 Å². The number of anilines is 1. The number of nitrogens with zero attached hydrogens (tertiary/aromatic N) is 1. The molecule has 0 aliphatic rings. The Labute approximate surface area is 152 Å². The van der Waals surface area contributed by atoms with E-state index < -0.39 is 5.82 Å². The summed E-state index contributed by atoms with van der Waals surface area (Å²) in [6, 6.07) is 8.78. The van der Waals surface area contributed by atoms with Gasteiger partial charge >= 0.3 is 0 Å². The summed E-state index contributed by atoms with van der Waals surface area (Å²) in [4.78, 5) is 13.7. The number of nitrogens with one attached hydrogen (secondary N) is 1. The molecular weight excluding hydrogens is 402 g/mol.